The van der Waals surface area contributed by atoms with Gasteiger partial charge in [-0.3, -0.25) is 0 Å². The van der Waals surface area contributed by atoms with Crippen LogP contribution in [0.5, 0.6) is 0 Å². The molecule has 1 aliphatic heterocycles. The number of anilines is 2. The first-order chi connectivity index (χ1) is 12.9. The third-order valence-corrected chi connectivity index (χ3v) is 6.43. The number of benzene rings is 2. The number of nitrogens with zero attached hydrogens (tertiary/aromatic N) is 1. The second-order valence-electron chi connectivity index (χ2n) is 6.11. The van der Waals surface area contributed by atoms with Crippen LogP contribution in [0.1, 0.15) is 5.56 Å². The van der Waals surface area contributed by atoms with Gasteiger partial charge in [0.2, 0.25) is 10.0 Å². The summed E-state index contributed by atoms with van der Waals surface area (Å²) in [6.45, 7) is 3.30. The SMILES string of the molecule is Cc1ccc(NC(=S)Nc2cccc(Cl)c2)c(S(=O)(=O)N2CCOCC2)c1. The van der Waals surface area contributed by atoms with Gasteiger partial charge in [-0.15, -0.1) is 0 Å². The lowest BCUT2D eigenvalue weighted by molar-refractivity contribution is 0.0730. The summed E-state index contributed by atoms with van der Waals surface area (Å²) in [6, 6.07) is 12.3. The maximum Gasteiger partial charge on any atom is 0.245 e. The number of hydrogen-bond acceptors (Lipinski definition) is 4. The molecule has 9 heteroatoms. The van der Waals surface area contributed by atoms with Crippen molar-refractivity contribution in [3.8, 4) is 0 Å². The Hall–Kier alpha value is -1.71. The molecule has 0 bridgehead atoms. The van der Waals surface area contributed by atoms with Crippen LogP contribution in [0.15, 0.2) is 47.4 Å². The van der Waals surface area contributed by atoms with E-state index in [9.17, 15) is 8.42 Å². The van der Waals surface area contributed by atoms with Crippen LogP contribution in [0.3, 0.4) is 0 Å². The predicted octanol–water partition coefficient (Wildman–Crippen LogP) is 3.48. The maximum atomic E-state index is 13.1. The van der Waals surface area contributed by atoms with Gasteiger partial charge in [-0.1, -0.05) is 23.7 Å². The topological polar surface area (TPSA) is 70.7 Å². The van der Waals surface area contributed by atoms with Gasteiger partial charge in [0.25, 0.3) is 0 Å². The van der Waals surface area contributed by atoms with E-state index in [0.717, 1.165) is 5.56 Å². The summed E-state index contributed by atoms with van der Waals surface area (Å²) < 4.78 is 32.9. The maximum absolute atomic E-state index is 13.1. The number of hydrogen-bond donors (Lipinski definition) is 2. The average Bonchev–Trinajstić information content (AvgIpc) is 2.64. The molecule has 2 aromatic rings. The number of nitrogens with one attached hydrogen (secondary N) is 2. The molecule has 27 heavy (non-hydrogen) atoms. The summed E-state index contributed by atoms with van der Waals surface area (Å²) in [7, 11) is -3.66. The minimum atomic E-state index is -3.66. The van der Waals surface area contributed by atoms with Crippen LogP contribution in [-0.4, -0.2) is 44.1 Å². The zero-order chi connectivity index (χ0) is 19.4. The molecule has 1 saturated heterocycles. The Balaban J connectivity index is 1.84. The van der Waals surface area contributed by atoms with E-state index in [1.165, 1.54) is 4.31 Å². The number of rotatable bonds is 4. The fraction of sp³-hybridized carbons (Fsp3) is 0.278. The number of sulfonamides is 1. The molecule has 0 spiro atoms. The quantitative estimate of drug-likeness (QED) is 0.731. The standard InChI is InChI=1S/C18H20ClN3O3S2/c1-13-5-6-16(21-18(26)20-15-4-2-3-14(19)12-15)17(11-13)27(23,24)22-7-9-25-10-8-22/h2-6,11-12H,7-10H2,1H3,(H2,20,21,26). The summed E-state index contributed by atoms with van der Waals surface area (Å²) in [5.41, 5.74) is 1.98. The number of halogens is 1. The molecular weight excluding hydrogens is 406 g/mol. The highest BCUT2D eigenvalue weighted by molar-refractivity contribution is 7.89. The van der Waals surface area contributed by atoms with Crippen LogP contribution >= 0.6 is 23.8 Å². The molecule has 6 nitrogen and oxygen atoms in total. The Morgan fingerprint density at radius 2 is 1.89 bits per heavy atom. The smallest absolute Gasteiger partial charge is 0.245 e. The molecule has 1 aliphatic rings. The van der Waals surface area contributed by atoms with E-state index < -0.39 is 10.0 Å². The third-order valence-electron chi connectivity index (χ3n) is 4.06. The minimum Gasteiger partial charge on any atom is -0.379 e. The lowest BCUT2D eigenvalue weighted by atomic mass is 10.2. The van der Waals surface area contributed by atoms with Gasteiger partial charge in [0.15, 0.2) is 5.11 Å². The Morgan fingerprint density at radius 3 is 2.59 bits per heavy atom. The van der Waals surface area contributed by atoms with Gasteiger partial charge in [-0.25, -0.2) is 8.42 Å². The van der Waals surface area contributed by atoms with Crippen LogP contribution in [0.25, 0.3) is 0 Å². The zero-order valence-electron chi connectivity index (χ0n) is 14.7. The van der Waals surface area contributed by atoms with Crippen molar-refractivity contribution in [1.29, 1.82) is 0 Å². The van der Waals surface area contributed by atoms with Crippen LogP contribution in [0.4, 0.5) is 11.4 Å². The highest BCUT2D eigenvalue weighted by atomic mass is 35.5. The Morgan fingerprint density at radius 1 is 1.15 bits per heavy atom. The molecule has 0 radical (unpaired) electrons. The number of thiocarbonyl (C=S) groups is 1. The first kappa shape index (κ1) is 20.0. The fourth-order valence-electron chi connectivity index (χ4n) is 2.72. The number of morpholine rings is 1. The van der Waals surface area contributed by atoms with E-state index in [4.69, 9.17) is 28.6 Å². The number of ether oxygens (including phenoxy) is 1. The van der Waals surface area contributed by atoms with Crippen molar-refractivity contribution in [2.75, 3.05) is 36.9 Å². The van der Waals surface area contributed by atoms with Gasteiger partial charge in [0.1, 0.15) is 4.90 Å². The monoisotopic (exact) mass is 425 g/mol. The minimum absolute atomic E-state index is 0.194. The molecule has 0 atom stereocenters. The summed E-state index contributed by atoms with van der Waals surface area (Å²) in [4.78, 5) is 0.194. The lowest BCUT2D eigenvalue weighted by Gasteiger charge is -2.27. The van der Waals surface area contributed by atoms with Crippen molar-refractivity contribution in [2.24, 2.45) is 0 Å². The van der Waals surface area contributed by atoms with E-state index in [1.807, 2.05) is 19.1 Å². The predicted molar refractivity (Wildman–Crippen MR) is 112 cm³/mol. The van der Waals surface area contributed by atoms with Crippen LogP contribution in [-0.2, 0) is 14.8 Å². The zero-order valence-corrected chi connectivity index (χ0v) is 17.1. The second kappa shape index (κ2) is 8.53. The van der Waals surface area contributed by atoms with Crippen molar-refractivity contribution in [3.63, 3.8) is 0 Å². The van der Waals surface area contributed by atoms with Crippen molar-refractivity contribution >= 4 is 50.3 Å². The van der Waals surface area contributed by atoms with Crippen molar-refractivity contribution in [1.82, 2.24) is 4.31 Å². The van der Waals surface area contributed by atoms with E-state index in [2.05, 4.69) is 10.6 Å². The summed E-state index contributed by atoms with van der Waals surface area (Å²) in [5.74, 6) is 0. The molecule has 3 rings (SSSR count). The van der Waals surface area contributed by atoms with Crippen LogP contribution in [0, 0.1) is 6.92 Å². The van der Waals surface area contributed by atoms with Gasteiger partial charge in [-0.2, -0.15) is 4.31 Å². The lowest BCUT2D eigenvalue weighted by Crippen LogP contribution is -2.41. The third kappa shape index (κ3) is 4.97. The highest BCUT2D eigenvalue weighted by Crippen LogP contribution is 2.27. The van der Waals surface area contributed by atoms with Gasteiger partial charge >= 0.3 is 0 Å². The normalized spacial score (nSPS) is 15.3. The molecule has 2 aromatic carbocycles. The Labute approximate surface area is 169 Å². The van der Waals surface area contributed by atoms with Gasteiger partial charge in [-0.05, 0) is 55.0 Å². The van der Waals surface area contributed by atoms with E-state index in [-0.39, 0.29) is 10.0 Å². The van der Waals surface area contributed by atoms with Gasteiger partial charge < -0.3 is 15.4 Å². The van der Waals surface area contributed by atoms with E-state index >= 15 is 0 Å². The molecule has 0 amide bonds. The molecular formula is C18H20ClN3O3S2. The summed E-state index contributed by atoms with van der Waals surface area (Å²) in [6.07, 6.45) is 0. The molecule has 144 valence electrons. The van der Waals surface area contributed by atoms with E-state index in [1.54, 1.807) is 30.3 Å². The second-order valence-corrected chi connectivity index (χ2v) is 8.86. The fourth-order valence-corrected chi connectivity index (χ4v) is 4.78. The van der Waals surface area contributed by atoms with E-state index in [0.29, 0.717) is 42.7 Å². The van der Waals surface area contributed by atoms with Crippen LogP contribution < -0.4 is 10.6 Å². The highest BCUT2D eigenvalue weighted by Gasteiger charge is 2.29. The Kier molecular flexibility index (Phi) is 6.33. The first-order valence-corrected chi connectivity index (χ1v) is 10.6. The molecule has 0 aromatic heterocycles. The molecule has 0 saturated carbocycles. The molecule has 2 N–H and O–H groups in total. The molecule has 0 unspecified atom stereocenters. The average molecular weight is 426 g/mol. The van der Waals surface area contributed by atoms with Crippen molar-refractivity contribution in [2.45, 2.75) is 11.8 Å². The largest absolute Gasteiger partial charge is 0.379 e. The van der Waals surface area contributed by atoms with Crippen molar-refractivity contribution in [3.05, 3.63) is 53.1 Å². The summed E-state index contributed by atoms with van der Waals surface area (Å²) in [5, 5.41) is 6.86. The molecule has 1 fully saturated rings. The van der Waals surface area contributed by atoms with Gasteiger partial charge in [0, 0.05) is 23.8 Å². The van der Waals surface area contributed by atoms with Crippen LogP contribution in [0.2, 0.25) is 5.02 Å². The van der Waals surface area contributed by atoms with Crippen molar-refractivity contribution < 1.29 is 13.2 Å². The summed E-state index contributed by atoms with van der Waals surface area (Å²) >= 11 is 11.3. The van der Waals surface area contributed by atoms with Gasteiger partial charge in [0.05, 0.1) is 18.9 Å². The molecule has 0 aliphatic carbocycles. The Bertz CT molecular complexity index is 945. The molecule has 1 heterocycles. The number of aryl methyl sites for hydroxylation is 1. The first-order valence-electron chi connectivity index (χ1n) is 8.38.